The fraction of sp³-hybridized carbons (Fsp3) is 0.294. The van der Waals surface area contributed by atoms with Gasteiger partial charge in [0.2, 0.25) is 0 Å². The van der Waals surface area contributed by atoms with E-state index in [1.54, 1.807) is 0 Å². The van der Waals surface area contributed by atoms with Gasteiger partial charge in [-0.15, -0.1) is 0 Å². The van der Waals surface area contributed by atoms with Gasteiger partial charge in [-0.1, -0.05) is 54.3 Å². The van der Waals surface area contributed by atoms with E-state index < -0.39 is 0 Å². The van der Waals surface area contributed by atoms with Crippen molar-refractivity contribution in [3.63, 3.8) is 0 Å². The Hall–Kier alpha value is -1.59. The smallest absolute Gasteiger partial charge is 0.346 e. The van der Waals surface area contributed by atoms with Gasteiger partial charge in [0.15, 0.2) is 0 Å². The minimum absolute atomic E-state index is 0.266. The van der Waals surface area contributed by atoms with Crippen molar-refractivity contribution in [1.29, 1.82) is 0 Å². The summed E-state index contributed by atoms with van der Waals surface area (Å²) < 4.78 is 5.12. The molecule has 0 bridgehead atoms. The summed E-state index contributed by atoms with van der Waals surface area (Å²) in [6.45, 7) is 6.97. The van der Waals surface area contributed by atoms with Crippen LogP contribution in [0.3, 0.4) is 0 Å². The van der Waals surface area contributed by atoms with E-state index in [1.165, 1.54) is 11.8 Å². The molecular formula is C17H19NO2S2. The Bertz CT molecular complexity index is 635. The molecule has 0 aromatic heterocycles. The molecule has 2 rings (SSSR count). The first-order valence-corrected chi connectivity index (χ1v) is 8.45. The Morgan fingerprint density at radius 3 is 2.59 bits per heavy atom. The fourth-order valence-corrected chi connectivity index (χ4v) is 3.69. The summed E-state index contributed by atoms with van der Waals surface area (Å²) in [7, 11) is 0. The zero-order chi connectivity index (χ0) is 16.1. The van der Waals surface area contributed by atoms with Gasteiger partial charge in [0.05, 0.1) is 11.6 Å². The molecule has 0 saturated heterocycles. The van der Waals surface area contributed by atoms with E-state index in [2.05, 4.69) is 11.8 Å². The first kappa shape index (κ1) is 16.8. The van der Waals surface area contributed by atoms with Gasteiger partial charge in [0.1, 0.15) is 4.91 Å². The minimum Gasteiger partial charge on any atom is -0.462 e. The average Bonchev–Trinajstić information content (AvgIpc) is 2.84. The van der Waals surface area contributed by atoms with Crippen molar-refractivity contribution in [2.45, 2.75) is 20.8 Å². The number of allylic oxidation sites excluding steroid dienone is 2. The first-order chi connectivity index (χ1) is 10.6. The number of carbonyl (C=O) groups excluding carboxylic acids is 1. The van der Waals surface area contributed by atoms with Crippen LogP contribution in [0.4, 0.5) is 0 Å². The second-order valence-electron chi connectivity index (χ2n) is 4.69. The monoisotopic (exact) mass is 333 g/mol. The van der Waals surface area contributed by atoms with Crippen LogP contribution in [0.15, 0.2) is 52.0 Å². The van der Waals surface area contributed by atoms with E-state index >= 15 is 0 Å². The zero-order valence-corrected chi connectivity index (χ0v) is 14.6. The van der Waals surface area contributed by atoms with Gasteiger partial charge in [-0.3, -0.25) is 0 Å². The van der Waals surface area contributed by atoms with Gasteiger partial charge < -0.3 is 9.64 Å². The number of esters is 1. The molecule has 0 saturated carbocycles. The number of hydrogen-bond donors (Lipinski definition) is 0. The highest BCUT2D eigenvalue weighted by molar-refractivity contribution is 8.07. The predicted molar refractivity (Wildman–Crippen MR) is 95.5 cm³/mol. The Morgan fingerprint density at radius 1 is 1.32 bits per heavy atom. The SMILES string of the molecule is CCOC(=O)C1=C(C)N(CC)/C(=C\C(=S)c2ccccc2)S1. The van der Waals surface area contributed by atoms with Crippen molar-refractivity contribution in [1.82, 2.24) is 4.90 Å². The van der Waals surface area contributed by atoms with Crippen molar-refractivity contribution in [3.8, 4) is 0 Å². The van der Waals surface area contributed by atoms with Gasteiger partial charge in [-0.2, -0.15) is 0 Å². The number of ether oxygens (including phenoxy) is 1. The van der Waals surface area contributed by atoms with Crippen molar-refractivity contribution < 1.29 is 9.53 Å². The number of nitrogens with zero attached hydrogens (tertiary/aromatic N) is 1. The van der Waals surface area contributed by atoms with Gasteiger partial charge in [0, 0.05) is 17.1 Å². The summed E-state index contributed by atoms with van der Waals surface area (Å²) in [6, 6.07) is 9.87. The topological polar surface area (TPSA) is 29.5 Å². The molecule has 5 heteroatoms. The molecular weight excluding hydrogens is 314 g/mol. The average molecular weight is 333 g/mol. The van der Waals surface area contributed by atoms with Gasteiger partial charge >= 0.3 is 5.97 Å². The molecule has 22 heavy (non-hydrogen) atoms. The first-order valence-electron chi connectivity index (χ1n) is 7.22. The van der Waals surface area contributed by atoms with E-state index in [0.29, 0.717) is 11.5 Å². The molecule has 0 aliphatic carbocycles. The van der Waals surface area contributed by atoms with Gasteiger partial charge in [-0.25, -0.2) is 4.79 Å². The van der Waals surface area contributed by atoms with Crippen LogP contribution in [0, 0.1) is 0 Å². The summed E-state index contributed by atoms with van der Waals surface area (Å²) in [4.78, 5) is 15.5. The third-order valence-corrected chi connectivity index (χ3v) is 4.86. The van der Waals surface area contributed by atoms with Crippen molar-refractivity contribution in [2.24, 2.45) is 0 Å². The summed E-state index contributed by atoms with van der Waals surface area (Å²) in [6.07, 6.45) is 1.95. The van der Waals surface area contributed by atoms with E-state index in [1.807, 2.05) is 50.3 Å². The summed E-state index contributed by atoms with van der Waals surface area (Å²) in [5.74, 6) is -0.266. The van der Waals surface area contributed by atoms with Crippen LogP contribution < -0.4 is 0 Å². The lowest BCUT2D eigenvalue weighted by atomic mass is 10.1. The minimum atomic E-state index is -0.266. The summed E-state index contributed by atoms with van der Waals surface area (Å²) in [5.41, 5.74) is 1.93. The van der Waals surface area contributed by atoms with E-state index in [-0.39, 0.29) is 5.97 Å². The molecule has 0 atom stereocenters. The molecule has 116 valence electrons. The largest absolute Gasteiger partial charge is 0.462 e. The van der Waals surface area contributed by atoms with E-state index in [0.717, 1.165) is 27.7 Å². The number of thioether (sulfide) groups is 1. The Kier molecular flexibility index (Phi) is 5.80. The number of benzene rings is 1. The highest BCUT2D eigenvalue weighted by Gasteiger charge is 2.29. The summed E-state index contributed by atoms with van der Waals surface area (Å²) >= 11 is 6.93. The highest BCUT2D eigenvalue weighted by Crippen LogP contribution is 2.41. The highest BCUT2D eigenvalue weighted by atomic mass is 32.2. The molecule has 1 aliphatic heterocycles. The number of carbonyl (C=O) groups is 1. The molecule has 3 nitrogen and oxygen atoms in total. The lowest BCUT2D eigenvalue weighted by Crippen LogP contribution is -2.16. The van der Waals surface area contributed by atoms with Gasteiger partial charge in [0.25, 0.3) is 0 Å². The van der Waals surface area contributed by atoms with Crippen LogP contribution >= 0.6 is 24.0 Å². The Morgan fingerprint density at radius 2 is 2.00 bits per heavy atom. The molecule has 1 aromatic carbocycles. The van der Waals surface area contributed by atoms with Crippen LogP contribution in [-0.4, -0.2) is 28.9 Å². The molecule has 0 N–H and O–H groups in total. The molecule has 1 aromatic rings. The van der Waals surface area contributed by atoms with Crippen LogP contribution in [0.2, 0.25) is 0 Å². The molecule has 0 amide bonds. The predicted octanol–water partition coefficient (Wildman–Crippen LogP) is 4.11. The number of hydrogen-bond acceptors (Lipinski definition) is 5. The molecule has 1 aliphatic rings. The van der Waals surface area contributed by atoms with Crippen molar-refractivity contribution in [3.05, 3.63) is 57.6 Å². The maximum atomic E-state index is 12.0. The lowest BCUT2D eigenvalue weighted by Gasteiger charge is -2.18. The molecule has 0 unspecified atom stereocenters. The zero-order valence-electron chi connectivity index (χ0n) is 13.0. The third kappa shape index (κ3) is 3.59. The van der Waals surface area contributed by atoms with Crippen molar-refractivity contribution in [2.75, 3.05) is 13.2 Å². The van der Waals surface area contributed by atoms with Crippen molar-refractivity contribution >= 4 is 34.8 Å². The standard InChI is InChI=1S/C17H19NO2S2/c1-4-18-12(3)16(17(19)20-5-2)22-15(18)11-14(21)13-9-7-6-8-10-13/h6-11H,4-5H2,1-3H3/b15-11+. The fourth-order valence-electron chi connectivity index (χ4n) is 2.21. The number of thiocarbonyl (C=S) groups is 1. The maximum absolute atomic E-state index is 12.0. The quantitative estimate of drug-likeness (QED) is 0.350. The van der Waals surface area contributed by atoms with E-state index in [9.17, 15) is 4.79 Å². The second kappa shape index (κ2) is 7.61. The number of rotatable bonds is 5. The van der Waals surface area contributed by atoms with Crippen LogP contribution in [0.1, 0.15) is 26.3 Å². The molecule has 1 heterocycles. The lowest BCUT2D eigenvalue weighted by molar-refractivity contribution is -0.137. The molecule has 0 spiro atoms. The normalized spacial score (nSPS) is 16.3. The molecule has 0 radical (unpaired) electrons. The van der Waals surface area contributed by atoms with E-state index in [4.69, 9.17) is 17.0 Å². The van der Waals surface area contributed by atoms with Gasteiger partial charge in [-0.05, 0) is 32.4 Å². The Labute approximate surface area is 141 Å². The molecule has 0 fully saturated rings. The van der Waals surface area contributed by atoms with Crippen LogP contribution in [0.5, 0.6) is 0 Å². The maximum Gasteiger partial charge on any atom is 0.346 e. The second-order valence-corrected chi connectivity index (χ2v) is 6.16. The summed E-state index contributed by atoms with van der Waals surface area (Å²) in [5, 5.41) is 0.969. The van der Waals surface area contributed by atoms with Crippen LogP contribution in [0.25, 0.3) is 0 Å². The third-order valence-electron chi connectivity index (χ3n) is 3.30. The Balaban J connectivity index is 2.25. The van der Waals surface area contributed by atoms with Crippen LogP contribution in [-0.2, 0) is 9.53 Å².